The molecule has 21 heavy (non-hydrogen) atoms. The minimum atomic E-state index is 0.135. The summed E-state index contributed by atoms with van der Waals surface area (Å²) in [4.78, 5) is 14.5. The molecule has 0 radical (unpaired) electrons. The van der Waals surface area contributed by atoms with Gasteiger partial charge in [0.05, 0.1) is 6.61 Å². The SMILES string of the molecule is COCC1=CCN(C(=O)c2ccc3c(c2)CNCC3)CC1. The number of nitrogens with one attached hydrogen (secondary N) is 1. The number of benzene rings is 1. The maximum Gasteiger partial charge on any atom is 0.254 e. The summed E-state index contributed by atoms with van der Waals surface area (Å²) in [5.74, 6) is 0.135. The van der Waals surface area contributed by atoms with E-state index in [-0.39, 0.29) is 5.91 Å². The van der Waals surface area contributed by atoms with E-state index >= 15 is 0 Å². The third kappa shape index (κ3) is 3.17. The van der Waals surface area contributed by atoms with Crippen LogP contribution >= 0.6 is 0 Å². The van der Waals surface area contributed by atoms with Crippen molar-refractivity contribution in [1.82, 2.24) is 10.2 Å². The van der Waals surface area contributed by atoms with Gasteiger partial charge < -0.3 is 15.0 Å². The summed E-state index contributed by atoms with van der Waals surface area (Å²) >= 11 is 0. The van der Waals surface area contributed by atoms with Crippen LogP contribution in [0.3, 0.4) is 0 Å². The Morgan fingerprint density at radius 3 is 3.00 bits per heavy atom. The molecule has 0 bridgehead atoms. The summed E-state index contributed by atoms with van der Waals surface area (Å²) in [6.45, 7) is 4.04. The average Bonchev–Trinajstić information content (AvgIpc) is 2.55. The third-order valence-electron chi connectivity index (χ3n) is 4.26. The molecule has 2 heterocycles. The molecular weight excluding hydrogens is 264 g/mol. The van der Waals surface area contributed by atoms with Crippen molar-refractivity contribution in [2.24, 2.45) is 0 Å². The summed E-state index contributed by atoms with van der Waals surface area (Å²) in [7, 11) is 1.71. The first kappa shape index (κ1) is 14.3. The summed E-state index contributed by atoms with van der Waals surface area (Å²) in [5, 5.41) is 3.36. The Bertz CT molecular complexity index is 566. The van der Waals surface area contributed by atoms with E-state index in [0.717, 1.165) is 38.0 Å². The summed E-state index contributed by atoms with van der Waals surface area (Å²) in [6, 6.07) is 6.14. The highest BCUT2D eigenvalue weighted by Crippen LogP contribution is 2.19. The molecule has 1 aromatic rings. The van der Waals surface area contributed by atoms with Gasteiger partial charge in [0.2, 0.25) is 0 Å². The van der Waals surface area contributed by atoms with Crippen LogP contribution in [0.5, 0.6) is 0 Å². The monoisotopic (exact) mass is 286 g/mol. The zero-order valence-corrected chi connectivity index (χ0v) is 12.5. The minimum absolute atomic E-state index is 0.135. The van der Waals surface area contributed by atoms with Crippen molar-refractivity contribution in [1.29, 1.82) is 0 Å². The topological polar surface area (TPSA) is 41.6 Å². The number of fused-ring (bicyclic) bond motifs is 1. The van der Waals surface area contributed by atoms with Crippen molar-refractivity contribution in [3.63, 3.8) is 0 Å². The fraction of sp³-hybridized carbons (Fsp3) is 0.471. The molecule has 0 spiro atoms. The molecule has 2 aliphatic heterocycles. The van der Waals surface area contributed by atoms with Gasteiger partial charge in [0.15, 0.2) is 0 Å². The quantitative estimate of drug-likeness (QED) is 0.861. The van der Waals surface area contributed by atoms with Crippen LogP contribution in [0, 0.1) is 0 Å². The van der Waals surface area contributed by atoms with Gasteiger partial charge in [0, 0.05) is 32.3 Å². The molecular formula is C17H22N2O2. The predicted octanol–water partition coefficient (Wildman–Crippen LogP) is 1.75. The van der Waals surface area contributed by atoms with Crippen molar-refractivity contribution in [3.8, 4) is 0 Å². The largest absolute Gasteiger partial charge is 0.380 e. The molecule has 0 aliphatic carbocycles. The van der Waals surface area contributed by atoms with E-state index in [0.29, 0.717) is 13.2 Å². The highest BCUT2D eigenvalue weighted by atomic mass is 16.5. The first-order valence-electron chi connectivity index (χ1n) is 7.56. The maximum atomic E-state index is 12.6. The lowest BCUT2D eigenvalue weighted by molar-refractivity contribution is 0.0765. The summed E-state index contributed by atoms with van der Waals surface area (Å²) in [6.07, 6.45) is 4.08. The number of rotatable bonds is 3. The first-order chi connectivity index (χ1) is 10.3. The van der Waals surface area contributed by atoms with Crippen LogP contribution in [0.2, 0.25) is 0 Å². The van der Waals surface area contributed by atoms with Gasteiger partial charge in [0.25, 0.3) is 5.91 Å². The molecule has 0 unspecified atom stereocenters. The molecule has 112 valence electrons. The van der Waals surface area contributed by atoms with Gasteiger partial charge >= 0.3 is 0 Å². The molecule has 1 aromatic carbocycles. The predicted molar refractivity (Wildman–Crippen MR) is 82.3 cm³/mol. The van der Waals surface area contributed by atoms with Gasteiger partial charge in [-0.05, 0) is 48.2 Å². The lowest BCUT2D eigenvalue weighted by atomic mass is 9.98. The second kappa shape index (κ2) is 6.41. The molecule has 0 fully saturated rings. The van der Waals surface area contributed by atoms with Crippen molar-refractivity contribution >= 4 is 5.91 Å². The van der Waals surface area contributed by atoms with Gasteiger partial charge in [-0.2, -0.15) is 0 Å². The molecule has 4 nitrogen and oxygen atoms in total. The van der Waals surface area contributed by atoms with Crippen LogP contribution < -0.4 is 5.32 Å². The number of carbonyl (C=O) groups excluding carboxylic acids is 1. The van der Waals surface area contributed by atoms with Crippen molar-refractivity contribution in [2.45, 2.75) is 19.4 Å². The van der Waals surface area contributed by atoms with Crippen LogP contribution in [-0.2, 0) is 17.7 Å². The van der Waals surface area contributed by atoms with Crippen LogP contribution in [0.4, 0.5) is 0 Å². The lowest BCUT2D eigenvalue weighted by Crippen LogP contribution is -2.35. The van der Waals surface area contributed by atoms with Gasteiger partial charge in [-0.3, -0.25) is 4.79 Å². The van der Waals surface area contributed by atoms with Crippen molar-refractivity contribution < 1.29 is 9.53 Å². The van der Waals surface area contributed by atoms with E-state index in [1.54, 1.807) is 7.11 Å². The Labute approximate surface area is 125 Å². The minimum Gasteiger partial charge on any atom is -0.380 e. The Morgan fingerprint density at radius 1 is 1.33 bits per heavy atom. The number of ether oxygens (including phenoxy) is 1. The van der Waals surface area contributed by atoms with Crippen LogP contribution in [-0.4, -0.2) is 44.2 Å². The number of methoxy groups -OCH3 is 1. The average molecular weight is 286 g/mol. The highest BCUT2D eigenvalue weighted by molar-refractivity contribution is 5.94. The third-order valence-corrected chi connectivity index (χ3v) is 4.26. The van der Waals surface area contributed by atoms with Crippen LogP contribution in [0.25, 0.3) is 0 Å². The van der Waals surface area contributed by atoms with Gasteiger partial charge in [-0.15, -0.1) is 0 Å². The molecule has 0 aromatic heterocycles. The molecule has 3 rings (SSSR count). The van der Waals surface area contributed by atoms with E-state index in [1.165, 1.54) is 16.7 Å². The lowest BCUT2D eigenvalue weighted by Gasteiger charge is -2.27. The first-order valence-corrected chi connectivity index (χ1v) is 7.56. The highest BCUT2D eigenvalue weighted by Gasteiger charge is 2.20. The summed E-state index contributed by atoms with van der Waals surface area (Å²) < 4.78 is 5.15. The Morgan fingerprint density at radius 2 is 2.24 bits per heavy atom. The number of amides is 1. The number of carbonyl (C=O) groups is 1. The fourth-order valence-corrected chi connectivity index (χ4v) is 3.01. The van der Waals surface area contributed by atoms with Gasteiger partial charge in [0.1, 0.15) is 0 Å². The molecule has 0 saturated heterocycles. The molecule has 0 atom stereocenters. The number of hydrogen-bond acceptors (Lipinski definition) is 3. The molecule has 1 amide bonds. The standard InChI is InChI=1S/C17H22N2O2/c1-21-12-13-5-8-19(9-6-13)17(20)15-3-2-14-4-7-18-11-16(14)10-15/h2-3,5,10,18H,4,6-9,11-12H2,1H3. The second-order valence-corrected chi connectivity index (χ2v) is 5.71. The van der Waals surface area contributed by atoms with E-state index in [1.807, 2.05) is 11.0 Å². The normalized spacial score (nSPS) is 18.1. The number of nitrogens with zero attached hydrogens (tertiary/aromatic N) is 1. The second-order valence-electron chi connectivity index (χ2n) is 5.71. The zero-order chi connectivity index (χ0) is 14.7. The zero-order valence-electron chi connectivity index (χ0n) is 12.5. The Hall–Kier alpha value is -1.65. The van der Waals surface area contributed by atoms with E-state index in [9.17, 15) is 4.79 Å². The summed E-state index contributed by atoms with van der Waals surface area (Å²) in [5.41, 5.74) is 4.73. The number of hydrogen-bond donors (Lipinski definition) is 1. The van der Waals surface area contributed by atoms with Crippen molar-refractivity contribution in [3.05, 3.63) is 46.5 Å². The fourth-order valence-electron chi connectivity index (χ4n) is 3.01. The van der Waals surface area contributed by atoms with E-state index in [4.69, 9.17) is 4.74 Å². The molecule has 1 N–H and O–H groups in total. The maximum absolute atomic E-state index is 12.6. The van der Waals surface area contributed by atoms with Gasteiger partial charge in [-0.25, -0.2) is 0 Å². The molecule has 2 aliphatic rings. The van der Waals surface area contributed by atoms with Gasteiger partial charge in [-0.1, -0.05) is 12.1 Å². The molecule has 0 saturated carbocycles. The van der Waals surface area contributed by atoms with Crippen LogP contribution in [0.15, 0.2) is 29.8 Å². The van der Waals surface area contributed by atoms with Crippen LogP contribution in [0.1, 0.15) is 27.9 Å². The Kier molecular flexibility index (Phi) is 4.36. The van der Waals surface area contributed by atoms with E-state index in [2.05, 4.69) is 23.5 Å². The smallest absolute Gasteiger partial charge is 0.254 e. The van der Waals surface area contributed by atoms with E-state index < -0.39 is 0 Å². The Balaban J connectivity index is 1.71. The van der Waals surface area contributed by atoms with Crippen molar-refractivity contribution in [2.75, 3.05) is 33.4 Å². The molecule has 4 heteroatoms.